The van der Waals surface area contributed by atoms with Gasteiger partial charge in [0.05, 0.1) is 4.90 Å². The Morgan fingerprint density at radius 1 is 1.22 bits per heavy atom. The number of aryl methyl sites for hydroxylation is 1. The molecule has 1 aliphatic carbocycles. The summed E-state index contributed by atoms with van der Waals surface area (Å²) < 4.78 is 23.5. The Hall–Kier alpha value is -1.40. The van der Waals surface area contributed by atoms with Gasteiger partial charge in [0, 0.05) is 18.2 Å². The van der Waals surface area contributed by atoms with E-state index in [-0.39, 0.29) is 16.8 Å². The molecule has 2 N–H and O–H groups in total. The van der Waals surface area contributed by atoms with Crippen molar-refractivity contribution in [1.82, 2.24) is 4.90 Å². The van der Waals surface area contributed by atoms with Gasteiger partial charge in [-0.05, 0) is 56.9 Å². The Bertz CT molecular complexity index is 692. The second-order valence-electron chi connectivity index (χ2n) is 6.34. The minimum atomic E-state index is -3.84. The van der Waals surface area contributed by atoms with E-state index in [0.29, 0.717) is 17.7 Å². The largest absolute Gasteiger partial charge is 0.336 e. The molecule has 1 aliphatic rings. The monoisotopic (exact) mass is 338 g/mol. The van der Waals surface area contributed by atoms with E-state index in [4.69, 9.17) is 5.14 Å². The number of benzene rings is 1. The van der Waals surface area contributed by atoms with Crippen molar-refractivity contribution in [2.24, 2.45) is 5.14 Å². The van der Waals surface area contributed by atoms with Crippen LogP contribution < -0.4 is 5.14 Å². The summed E-state index contributed by atoms with van der Waals surface area (Å²) in [6.07, 6.45) is 5.55. The Labute approximate surface area is 138 Å². The quantitative estimate of drug-likeness (QED) is 0.916. The van der Waals surface area contributed by atoms with Gasteiger partial charge < -0.3 is 4.90 Å². The van der Waals surface area contributed by atoms with Gasteiger partial charge >= 0.3 is 0 Å². The molecule has 1 saturated carbocycles. The highest BCUT2D eigenvalue weighted by atomic mass is 32.2. The summed E-state index contributed by atoms with van der Waals surface area (Å²) in [7, 11) is -3.84. The van der Waals surface area contributed by atoms with E-state index in [9.17, 15) is 13.2 Å². The number of nitrogens with zero attached hydrogens (tertiary/aromatic N) is 1. The van der Waals surface area contributed by atoms with Crippen LogP contribution in [0, 0.1) is 13.8 Å². The van der Waals surface area contributed by atoms with Crippen molar-refractivity contribution in [3.05, 3.63) is 28.8 Å². The number of rotatable bonds is 4. The number of carbonyl (C=O) groups is 1. The summed E-state index contributed by atoms with van der Waals surface area (Å²) >= 11 is 0. The molecule has 0 aromatic heterocycles. The molecule has 0 unspecified atom stereocenters. The molecule has 0 spiro atoms. The number of primary sulfonamides is 1. The maximum absolute atomic E-state index is 12.9. The van der Waals surface area contributed by atoms with Crippen LogP contribution in [0.3, 0.4) is 0 Å². The average Bonchev–Trinajstić information content (AvgIpc) is 2.50. The zero-order valence-corrected chi connectivity index (χ0v) is 14.9. The lowest BCUT2D eigenvalue weighted by Crippen LogP contribution is -2.41. The number of hydrogen-bond acceptors (Lipinski definition) is 3. The van der Waals surface area contributed by atoms with Crippen molar-refractivity contribution >= 4 is 15.9 Å². The third-order valence-electron chi connectivity index (χ3n) is 4.79. The highest BCUT2D eigenvalue weighted by Gasteiger charge is 2.26. The molecule has 1 amide bonds. The first kappa shape index (κ1) is 17.9. The second-order valence-corrected chi connectivity index (χ2v) is 7.87. The standard InChI is InChI=1S/C17H26N2O3S/c1-4-19(15-8-6-5-7-9-15)17(20)14-10-12(2)13(3)16(11-14)23(18,21)22/h10-11,15H,4-9H2,1-3H3,(H2,18,21,22). The summed E-state index contributed by atoms with van der Waals surface area (Å²) in [6, 6.07) is 3.43. The lowest BCUT2D eigenvalue weighted by molar-refractivity contribution is 0.0647. The van der Waals surface area contributed by atoms with E-state index < -0.39 is 10.0 Å². The molecule has 1 aromatic rings. The van der Waals surface area contributed by atoms with Gasteiger partial charge in [0.1, 0.15) is 0 Å². The third-order valence-corrected chi connectivity index (χ3v) is 5.83. The summed E-state index contributed by atoms with van der Waals surface area (Å²) in [5.41, 5.74) is 1.77. The van der Waals surface area contributed by atoms with E-state index in [2.05, 4.69) is 0 Å². The maximum atomic E-state index is 12.9. The van der Waals surface area contributed by atoms with Gasteiger partial charge in [0.25, 0.3) is 5.91 Å². The van der Waals surface area contributed by atoms with Crippen LogP contribution in [-0.4, -0.2) is 31.8 Å². The van der Waals surface area contributed by atoms with Crippen molar-refractivity contribution in [1.29, 1.82) is 0 Å². The molecular formula is C17H26N2O3S. The number of sulfonamides is 1. The highest BCUT2D eigenvalue weighted by molar-refractivity contribution is 7.89. The van der Waals surface area contributed by atoms with Crippen LogP contribution in [0.4, 0.5) is 0 Å². The molecule has 1 aromatic carbocycles. The normalized spacial score (nSPS) is 16.3. The second kappa shape index (κ2) is 7.01. The average molecular weight is 338 g/mol. The molecule has 2 rings (SSSR count). The van der Waals surface area contributed by atoms with Crippen molar-refractivity contribution in [3.63, 3.8) is 0 Å². The van der Waals surface area contributed by atoms with Crippen molar-refractivity contribution in [2.75, 3.05) is 6.54 Å². The fourth-order valence-electron chi connectivity index (χ4n) is 3.37. The molecule has 0 bridgehead atoms. The van der Waals surface area contributed by atoms with Crippen LogP contribution in [0.15, 0.2) is 17.0 Å². The molecular weight excluding hydrogens is 312 g/mol. The Balaban J connectivity index is 2.40. The van der Waals surface area contributed by atoms with Gasteiger partial charge in [-0.25, -0.2) is 13.6 Å². The lowest BCUT2D eigenvalue weighted by atomic mass is 9.93. The maximum Gasteiger partial charge on any atom is 0.254 e. The first-order valence-corrected chi connectivity index (χ1v) is 9.75. The zero-order valence-electron chi connectivity index (χ0n) is 14.1. The predicted octanol–water partition coefficient (Wildman–Crippen LogP) is 2.75. The van der Waals surface area contributed by atoms with Gasteiger partial charge in [-0.2, -0.15) is 0 Å². The number of hydrogen-bond donors (Lipinski definition) is 1. The smallest absolute Gasteiger partial charge is 0.254 e. The molecule has 1 fully saturated rings. The molecule has 0 atom stereocenters. The van der Waals surface area contributed by atoms with Crippen LogP contribution in [0.5, 0.6) is 0 Å². The van der Waals surface area contributed by atoms with Crippen LogP contribution >= 0.6 is 0 Å². The zero-order chi connectivity index (χ0) is 17.2. The Morgan fingerprint density at radius 2 is 1.83 bits per heavy atom. The summed E-state index contributed by atoms with van der Waals surface area (Å²) in [6.45, 7) is 6.11. The minimum Gasteiger partial charge on any atom is -0.336 e. The molecule has 0 heterocycles. The summed E-state index contributed by atoms with van der Waals surface area (Å²) in [4.78, 5) is 14.8. The van der Waals surface area contributed by atoms with E-state index in [1.807, 2.05) is 11.8 Å². The number of nitrogens with two attached hydrogens (primary N) is 1. The minimum absolute atomic E-state index is 0.0422. The summed E-state index contributed by atoms with van der Waals surface area (Å²) in [5, 5.41) is 5.29. The van der Waals surface area contributed by atoms with Gasteiger partial charge in [0.15, 0.2) is 0 Å². The van der Waals surface area contributed by atoms with Crippen LogP contribution in [0.2, 0.25) is 0 Å². The summed E-state index contributed by atoms with van der Waals surface area (Å²) in [5.74, 6) is -0.104. The Kier molecular flexibility index (Phi) is 5.47. The van der Waals surface area contributed by atoms with E-state index in [1.54, 1.807) is 19.9 Å². The van der Waals surface area contributed by atoms with Crippen molar-refractivity contribution < 1.29 is 13.2 Å². The molecule has 6 heteroatoms. The molecule has 128 valence electrons. The van der Waals surface area contributed by atoms with E-state index >= 15 is 0 Å². The SMILES string of the molecule is CCN(C(=O)c1cc(C)c(C)c(S(N)(=O)=O)c1)C1CCCCC1. The van der Waals surface area contributed by atoms with Crippen molar-refractivity contribution in [2.45, 2.75) is 63.8 Å². The predicted molar refractivity (Wildman–Crippen MR) is 90.9 cm³/mol. The molecule has 0 radical (unpaired) electrons. The number of carbonyl (C=O) groups excluding carboxylic acids is 1. The first-order chi connectivity index (χ1) is 10.8. The fourth-order valence-corrected chi connectivity index (χ4v) is 4.25. The third kappa shape index (κ3) is 3.93. The van der Waals surface area contributed by atoms with Gasteiger partial charge in [-0.1, -0.05) is 19.3 Å². The van der Waals surface area contributed by atoms with Crippen LogP contribution in [-0.2, 0) is 10.0 Å². The van der Waals surface area contributed by atoms with Gasteiger partial charge in [-0.3, -0.25) is 4.79 Å². The van der Waals surface area contributed by atoms with Gasteiger partial charge in [0.2, 0.25) is 10.0 Å². The fraction of sp³-hybridized carbons (Fsp3) is 0.588. The molecule has 5 nitrogen and oxygen atoms in total. The van der Waals surface area contributed by atoms with Gasteiger partial charge in [-0.15, -0.1) is 0 Å². The van der Waals surface area contributed by atoms with E-state index in [0.717, 1.165) is 31.2 Å². The first-order valence-electron chi connectivity index (χ1n) is 8.20. The van der Waals surface area contributed by atoms with Crippen LogP contribution in [0.25, 0.3) is 0 Å². The molecule has 0 aliphatic heterocycles. The molecule has 23 heavy (non-hydrogen) atoms. The van der Waals surface area contributed by atoms with Crippen molar-refractivity contribution in [3.8, 4) is 0 Å². The highest BCUT2D eigenvalue weighted by Crippen LogP contribution is 2.26. The Morgan fingerprint density at radius 3 is 2.35 bits per heavy atom. The topological polar surface area (TPSA) is 80.5 Å². The molecule has 0 saturated heterocycles. The van der Waals surface area contributed by atoms with E-state index in [1.165, 1.54) is 12.5 Å². The van der Waals surface area contributed by atoms with Crippen LogP contribution in [0.1, 0.15) is 60.5 Å². The number of amides is 1. The lowest BCUT2D eigenvalue weighted by Gasteiger charge is -2.34.